The summed E-state index contributed by atoms with van der Waals surface area (Å²) in [6.45, 7) is 2.97. The second-order valence-electron chi connectivity index (χ2n) is 4.26. The molecule has 0 radical (unpaired) electrons. The molecular formula is C12H15N3O. The third-order valence-electron chi connectivity index (χ3n) is 3.08. The molecule has 2 N–H and O–H groups in total. The van der Waals surface area contributed by atoms with Crippen molar-refractivity contribution < 1.29 is 4.74 Å². The maximum Gasteiger partial charge on any atom is 0.130 e. The predicted octanol–water partition coefficient (Wildman–Crippen LogP) is 1.55. The van der Waals surface area contributed by atoms with E-state index in [9.17, 15) is 0 Å². The molecule has 1 saturated heterocycles. The van der Waals surface area contributed by atoms with Crippen molar-refractivity contribution in [3.63, 3.8) is 0 Å². The second-order valence-corrected chi connectivity index (χ2v) is 4.26. The normalized spacial score (nSPS) is 20.4. The van der Waals surface area contributed by atoms with E-state index in [0.717, 1.165) is 36.3 Å². The van der Waals surface area contributed by atoms with E-state index in [1.807, 2.05) is 24.4 Å². The summed E-state index contributed by atoms with van der Waals surface area (Å²) in [4.78, 5) is 0. The maximum absolute atomic E-state index is 5.86. The molecule has 1 aromatic heterocycles. The number of aromatic nitrogens is 2. The van der Waals surface area contributed by atoms with Gasteiger partial charge in [0.25, 0.3) is 0 Å². The molecule has 0 amide bonds. The van der Waals surface area contributed by atoms with Crippen molar-refractivity contribution in [2.75, 3.05) is 19.7 Å². The molecule has 1 atom stereocenters. The van der Waals surface area contributed by atoms with Crippen molar-refractivity contribution in [3.05, 3.63) is 24.4 Å². The van der Waals surface area contributed by atoms with Crippen molar-refractivity contribution in [2.24, 2.45) is 5.92 Å². The zero-order valence-electron chi connectivity index (χ0n) is 9.07. The topological polar surface area (TPSA) is 49.9 Å². The molecule has 4 nitrogen and oxygen atoms in total. The largest absolute Gasteiger partial charge is 0.492 e. The summed E-state index contributed by atoms with van der Waals surface area (Å²) in [6.07, 6.45) is 3.03. The van der Waals surface area contributed by atoms with Gasteiger partial charge in [0.2, 0.25) is 0 Å². The van der Waals surface area contributed by atoms with Crippen LogP contribution in [0.5, 0.6) is 5.75 Å². The van der Waals surface area contributed by atoms with E-state index < -0.39 is 0 Å². The molecule has 1 aromatic carbocycles. The molecule has 1 aliphatic heterocycles. The molecule has 16 heavy (non-hydrogen) atoms. The Balaban J connectivity index is 1.75. The Kier molecular flexibility index (Phi) is 2.50. The van der Waals surface area contributed by atoms with Crippen molar-refractivity contribution in [2.45, 2.75) is 6.42 Å². The Labute approximate surface area is 94.0 Å². The Morgan fingerprint density at radius 3 is 3.31 bits per heavy atom. The van der Waals surface area contributed by atoms with Gasteiger partial charge in [-0.15, -0.1) is 0 Å². The first kappa shape index (κ1) is 9.66. The van der Waals surface area contributed by atoms with Crippen LogP contribution in [0.1, 0.15) is 6.42 Å². The Bertz CT molecular complexity index is 474. The number of aromatic amines is 1. The number of H-pyrrole nitrogens is 1. The molecular weight excluding hydrogens is 202 g/mol. The van der Waals surface area contributed by atoms with Crippen LogP contribution in [0, 0.1) is 5.92 Å². The lowest BCUT2D eigenvalue weighted by atomic mass is 10.1. The zero-order chi connectivity index (χ0) is 10.8. The van der Waals surface area contributed by atoms with Gasteiger partial charge < -0.3 is 10.1 Å². The molecule has 1 aliphatic rings. The minimum atomic E-state index is 0.641. The van der Waals surface area contributed by atoms with E-state index in [4.69, 9.17) is 4.74 Å². The van der Waals surface area contributed by atoms with Gasteiger partial charge >= 0.3 is 0 Å². The van der Waals surface area contributed by atoms with Crippen LogP contribution >= 0.6 is 0 Å². The molecule has 3 rings (SSSR count). The number of fused-ring (bicyclic) bond motifs is 1. The van der Waals surface area contributed by atoms with Gasteiger partial charge in [0.05, 0.1) is 23.7 Å². The van der Waals surface area contributed by atoms with E-state index in [-0.39, 0.29) is 0 Å². The fourth-order valence-corrected chi connectivity index (χ4v) is 2.13. The molecule has 0 aliphatic carbocycles. The number of hydrogen-bond donors (Lipinski definition) is 2. The van der Waals surface area contributed by atoms with E-state index in [0.29, 0.717) is 5.92 Å². The van der Waals surface area contributed by atoms with Crippen LogP contribution in [0.2, 0.25) is 0 Å². The van der Waals surface area contributed by atoms with Gasteiger partial charge in [0.1, 0.15) is 5.75 Å². The Morgan fingerprint density at radius 2 is 2.44 bits per heavy atom. The third-order valence-corrected chi connectivity index (χ3v) is 3.08. The van der Waals surface area contributed by atoms with Gasteiger partial charge in [0.15, 0.2) is 0 Å². The maximum atomic E-state index is 5.86. The Hall–Kier alpha value is -1.55. The summed E-state index contributed by atoms with van der Waals surface area (Å²) in [5.74, 6) is 1.57. The van der Waals surface area contributed by atoms with Crippen LogP contribution in [-0.2, 0) is 0 Å². The monoisotopic (exact) mass is 217 g/mol. The molecule has 2 heterocycles. The summed E-state index contributed by atoms with van der Waals surface area (Å²) in [5, 5.41) is 11.4. The fraction of sp³-hybridized carbons (Fsp3) is 0.417. The molecule has 0 spiro atoms. The standard InChI is InChI=1S/C12H15N3O/c1-2-11-10(7-14-15-11)12(3-1)16-8-9-4-5-13-6-9/h1-3,7,9,13H,4-6,8H2,(H,14,15). The lowest BCUT2D eigenvalue weighted by molar-refractivity contribution is 0.263. The van der Waals surface area contributed by atoms with Crippen LogP contribution in [0.15, 0.2) is 24.4 Å². The van der Waals surface area contributed by atoms with E-state index in [1.54, 1.807) is 0 Å². The Morgan fingerprint density at radius 1 is 1.44 bits per heavy atom. The third kappa shape index (κ3) is 1.76. The SMILES string of the molecule is c1cc(OCC2CCNC2)c2cn[nH]c2c1. The van der Waals surface area contributed by atoms with E-state index in [1.165, 1.54) is 6.42 Å². The van der Waals surface area contributed by atoms with Crippen molar-refractivity contribution in [1.29, 1.82) is 0 Å². The van der Waals surface area contributed by atoms with Crippen LogP contribution in [-0.4, -0.2) is 29.9 Å². The summed E-state index contributed by atoms with van der Waals surface area (Å²) in [7, 11) is 0. The van der Waals surface area contributed by atoms with Crippen molar-refractivity contribution in [3.8, 4) is 5.75 Å². The zero-order valence-corrected chi connectivity index (χ0v) is 9.07. The first-order chi connectivity index (χ1) is 7.93. The summed E-state index contributed by atoms with van der Waals surface area (Å²) in [6, 6.07) is 6.00. The molecule has 84 valence electrons. The smallest absolute Gasteiger partial charge is 0.130 e. The van der Waals surface area contributed by atoms with Crippen LogP contribution in [0.3, 0.4) is 0 Å². The minimum Gasteiger partial charge on any atom is -0.492 e. The predicted molar refractivity (Wildman–Crippen MR) is 62.6 cm³/mol. The summed E-state index contributed by atoms with van der Waals surface area (Å²) in [5.41, 5.74) is 1.03. The van der Waals surface area contributed by atoms with Crippen LogP contribution < -0.4 is 10.1 Å². The van der Waals surface area contributed by atoms with Gasteiger partial charge in [-0.25, -0.2) is 0 Å². The lowest BCUT2D eigenvalue weighted by Gasteiger charge is -2.11. The molecule has 0 bridgehead atoms. The highest BCUT2D eigenvalue weighted by Crippen LogP contribution is 2.24. The highest BCUT2D eigenvalue weighted by molar-refractivity contribution is 5.84. The molecule has 1 fully saturated rings. The lowest BCUT2D eigenvalue weighted by Crippen LogP contribution is -2.15. The number of ether oxygens (including phenoxy) is 1. The fourth-order valence-electron chi connectivity index (χ4n) is 2.13. The number of benzene rings is 1. The van der Waals surface area contributed by atoms with E-state index in [2.05, 4.69) is 15.5 Å². The number of nitrogens with zero attached hydrogens (tertiary/aromatic N) is 1. The van der Waals surface area contributed by atoms with Gasteiger partial charge in [-0.05, 0) is 25.1 Å². The molecule has 0 saturated carbocycles. The summed E-state index contributed by atoms with van der Waals surface area (Å²) >= 11 is 0. The van der Waals surface area contributed by atoms with Gasteiger partial charge in [-0.2, -0.15) is 5.10 Å². The van der Waals surface area contributed by atoms with E-state index >= 15 is 0 Å². The van der Waals surface area contributed by atoms with Gasteiger partial charge in [-0.3, -0.25) is 5.10 Å². The number of rotatable bonds is 3. The van der Waals surface area contributed by atoms with Crippen molar-refractivity contribution in [1.82, 2.24) is 15.5 Å². The minimum absolute atomic E-state index is 0.641. The average Bonchev–Trinajstić information content (AvgIpc) is 2.97. The number of nitrogens with one attached hydrogen (secondary N) is 2. The molecule has 1 unspecified atom stereocenters. The van der Waals surface area contributed by atoms with Crippen molar-refractivity contribution >= 4 is 10.9 Å². The molecule has 4 heteroatoms. The quantitative estimate of drug-likeness (QED) is 0.820. The van der Waals surface area contributed by atoms with Crippen LogP contribution in [0.25, 0.3) is 10.9 Å². The molecule has 2 aromatic rings. The van der Waals surface area contributed by atoms with Gasteiger partial charge in [-0.1, -0.05) is 6.07 Å². The highest BCUT2D eigenvalue weighted by atomic mass is 16.5. The highest BCUT2D eigenvalue weighted by Gasteiger charge is 2.15. The second kappa shape index (κ2) is 4.14. The van der Waals surface area contributed by atoms with Gasteiger partial charge in [0, 0.05) is 12.5 Å². The average molecular weight is 217 g/mol. The number of hydrogen-bond acceptors (Lipinski definition) is 3. The first-order valence-electron chi connectivity index (χ1n) is 5.69. The summed E-state index contributed by atoms with van der Waals surface area (Å²) < 4.78 is 5.86. The van der Waals surface area contributed by atoms with Crippen LogP contribution in [0.4, 0.5) is 0 Å². The first-order valence-corrected chi connectivity index (χ1v) is 5.69.